The van der Waals surface area contributed by atoms with E-state index in [1.54, 1.807) is 30.3 Å². The van der Waals surface area contributed by atoms with Crippen LogP contribution in [0.15, 0.2) is 75.0 Å². The van der Waals surface area contributed by atoms with E-state index in [0.29, 0.717) is 5.56 Å². The summed E-state index contributed by atoms with van der Waals surface area (Å²) in [6, 6.07) is 12.7. The molecule has 0 atom stereocenters. The average Bonchev–Trinajstić information content (AvgIpc) is 2.79. The van der Waals surface area contributed by atoms with Crippen LogP contribution in [0.2, 0.25) is 0 Å². The summed E-state index contributed by atoms with van der Waals surface area (Å²) < 4.78 is 88.0. The van der Waals surface area contributed by atoms with Crippen LogP contribution in [0.4, 0.5) is 30.7 Å². The maximum atomic E-state index is 13.5. The number of benzene rings is 2. The molecule has 1 radical (unpaired) electrons. The monoisotopic (exact) mass is 599 g/mol. The first-order valence-corrected chi connectivity index (χ1v) is 10.2. The molecule has 2 rings (SSSR count). The van der Waals surface area contributed by atoms with Crippen LogP contribution in [0.1, 0.15) is 11.1 Å². The maximum Gasteiger partial charge on any atom is 2.00 e. The van der Waals surface area contributed by atoms with Crippen molar-refractivity contribution in [1.29, 1.82) is 0 Å². The molecule has 36 heavy (non-hydrogen) atoms. The minimum absolute atomic E-state index is 0. The third-order valence-electron chi connectivity index (χ3n) is 3.75. The molecule has 0 aromatic heterocycles. The molecule has 0 saturated heterocycles. The second-order valence-electron chi connectivity index (χ2n) is 6.52. The third kappa shape index (κ3) is 11.7. The van der Waals surface area contributed by atoms with Gasteiger partial charge in [0, 0.05) is 11.1 Å². The third-order valence-corrected chi connectivity index (χ3v) is 4.20. The Labute approximate surface area is 222 Å². The van der Waals surface area contributed by atoms with Crippen LogP contribution in [0.5, 0.6) is 0 Å². The Morgan fingerprint density at radius 1 is 0.639 bits per heavy atom. The molecule has 16 heteroatoms. The van der Waals surface area contributed by atoms with E-state index in [4.69, 9.17) is 25.3 Å². The number of halogens is 7. The summed E-state index contributed by atoms with van der Waals surface area (Å²) in [5.41, 5.74) is 0.369. The van der Waals surface area contributed by atoms with Crippen molar-refractivity contribution in [2.75, 3.05) is 13.1 Å². The van der Waals surface area contributed by atoms with E-state index >= 15 is 0 Å². The van der Waals surface area contributed by atoms with Crippen molar-refractivity contribution in [1.82, 2.24) is 10.6 Å². The number of hydrogen-bond acceptors (Lipinski definition) is 6. The SMILES string of the molecule is Fc1ccc(C(=N\N=C(/[S-])NCC(F)(F)F)/C(=N/N=C(\[S-])NCC(F)(F)F)c2ccccc2)cc1.[Cu+2]. The molecular formula is C20H15CuF7N6S2. The van der Waals surface area contributed by atoms with Gasteiger partial charge in [0.25, 0.3) is 0 Å². The quantitative estimate of drug-likeness (QED) is 0.126. The van der Waals surface area contributed by atoms with Crippen molar-refractivity contribution >= 4 is 47.0 Å². The summed E-state index contributed by atoms with van der Waals surface area (Å²) in [6.45, 7) is -2.90. The van der Waals surface area contributed by atoms with Crippen molar-refractivity contribution in [2.45, 2.75) is 12.4 Å². The molecule has 0 aliphatic heterocycles. The van der Waals surface area contributed by atoms with E-state index in [1.807, 2.05) is 10.6 Å². The Morgan fingerprint density at radius 3 is 1.42 bits per heavy atom. The Morgan fingerprint density at radius 2 is 1.03 bits per heavy atom. The van der Waals surface area contributed by atoms with Crippen LogP contribution in [-0.2, 0) is 42.3 Å². The fourth-order valence-electron chi connectivity index (χ4n) is 2.30. The predicted molar refractivity (Wildman–Crippen MR) is 124 cm³/mol. The molecule has 2 aromatic rings. The molecule has 0 spiro atoms. The molecule has 0 amide bonds. The second kappa shape index (κ2) is 14.1. The van der Waals surface area contributed by atoms with E-state index in [0.717, 1.165) is 12.1 Å². The van der Waals surface area contributed by atoms with Crippen molar-refractivity contribution in [3.63, 3.8) is 0 Å². The second-order valence-corrected chi connectivity index (χ2v) is 7.29. The minimum Gasteiger partial charge on any atom is -0.741 e. The Hall–Kier alpha value is -2.81. The van der Waals surface area contributed by atoms with E-state index in [-0.39, 0.29) is 34.1 Å². The van der Waals surface area contributed by atoms with Crippen molar-refractivity contribution < 1.29 is 47.8 Å². The van der Waals surface area contributed by atoms with Gasteiger partial charge >= 0.3 is 29.4 Å². The fourth-order valence-corrected chi connectivity index (χ4v) is 2.53. The Balaban J connectivity index is 0.00000648. The molecular weight excluding hydrogens is 585 g/mol. The van der Waals surface area contributed by atoms with Crippen LogP contribution in [-0.4, -0.2) is 47.2 Å². The van der Waals surface area contributed by atoms with Gasteiger partial charge in [-0.1, -0.05) is 30.3 Å². The van der Waals surface area contributed by atoms with Crippen molar-refractivity contribution in [3.8, 4) is 0 Å². The normalized spacial score (nSPS) is 13.8. The Kier molecular flexibility index (Phi) is 12.2. The molecule has 0 saturated carbocycles. The van der Waals surface area contributed by atoms with Gasteiger partial charge in [-0.3, -0.25) is 0 Å². The Bertz CT molecular complexity index is 1100. The maximum absolute atomic E-state index is 13.5. The first-order valence-electron chi connectivity index (χ1n) is 9.42. The number of nitrogens with zero attached hydrogens (tertiary/aromatic N) is 4. The smallest absolute Gasteiger partial charge is 0.741 e. The molecule has 0 aliphatic carbocycles. The van der Waals surface area contributed by atoms with Gasteiger partial charge < -0.3 is 35.9 Å². The summed E-state index contributed by atoms with van der Waals surface area (Å²) in [6.07, 6.45) is -9.11. The number of nitrogens with one attached hydrogen (secondary N) is 2. The molecule has 0 heterocycles. The van der Waals surface area contributed by atoms with Gasteiger partial charge in [0.1, 0.15) is 30.3 Å². The number of hydrogen-bond donors (Lipinski definition) is 2. The van der Waals surface area contributed by atoms with Gasteiger partial charge in [0.15, 0.2) is 0 Å². The first-order chi connectivity index (χ1) is 16.3. The standard InChI is InChI=1S/C20H17F7N6S2.Cu/c21-14-8-6-13(7-9-14)16(31-33-18(35)29-11-20(25,26)27)15(12-4-2-1-3-5-12)30-32-17(34)28-10-19(22,23)24;/h1-9H,10-11H2,(H2,28,32,34)(H2,29,33,35);/q;+2/p-2/b30-15+,31-16+;. The molecule has 0 unspecified atom stereocenters. The predicted octanol–water partition coefficient (Wildman–Crippen LogP) is 4.04. The fraction of sp³-hybridized carbons (Fsp3) is 0.200. The number of amidine groups is 2. The first kappa shape index (κ1) is 31.2. The number of rotatable bonds is 7. The van der Waals surface area contributed by atoms with Gasteiger partial charge in [-0.2, -0.15) is 36.5 Å². The van der Waals surface area contributed by atoms with Gasteiger partial charge in [-0.15, -0.1) is 10.2 Å². The molecule has 6 nitrogen and oxygen atoms in total. The van der Waals surface area contributed by atoms with E-state index in [9.17, 15) is 30.7 Å². The van der Waals surface area contributed by atoms with Crippen LogP contribution >= 0.6 is 0 Å². The largest absolute Gasteiger partial charge is 2.00 e. The van der Waals surface area contributed by atoms with Gasteiger partial charge in [-0.25, -0.2) is 4.39 Å². The summed E-state index contributed by atoms with van der Waals surface area (Å²) in [5, 5.41) is 17.5. The zero-order chi connectivity index (χ0) is 26.1. The zero-order valence-electron chi connectivity index (χ0n) is 17.7. The average molecular weight is 600 g/mol. The number of alkyl halides is 6. The van der Waals surface area contributed by atoms with E-state index in [2.05, 4.69) is 20.4 Å². The van der Waals surface area contributed by atoms with Gasteiger partial charge in [0.2, 0.25) is 0 Å². The van der Waals surface area contributed by atoms with Crippen LogP contribution in [0.3, 0.4) is 0 Å². The zero-order valence-corrected chi connectivity index (χ0v) is 20.2. The molecule has 0 aliphatic rings. The van der Waals surface area contributed by atoms with Gasteiger partial charge in [0.05, 0.1) is 0 Å². The summed E-state index contributed by atoms with van der Waals surface area (Å²) in [4.78, 5) is 0. The molecule has 2 N–H and O–H groups in total. The molecule has 197 valence electrons. The van der Waals surface area contributed by atoms with Gasteiger partial charge in [-0.05, 0) is 34.6 Å². The van der Waals surface area contributed by atoms with Crippen LogP contribution < -0.4 is 10.6 Å². The van der Waals surface area contributed by atoms with Crippen molar-refractivity contribution in [2.24, 2.45) is 20.4 Å². The van der Waals surface area contributed by atoms with E-state index in [1.165, 1.54) is 12.1 Å². The summed E-state index contributed by atoms with van der Waals surface area (Å²) in [7, 11) is 0. The van der Waals surface area contributed by atoms with E-state index < -0.39 is 41.6 Å². The summed E-state index contributed by atoms with van der Waals surface area (Å²) >= 11 is 9.50. The molecule has 2 aromatic carbocycles. The topological polar surface area (TPSA) is 73.5 Å². The van der Waals surface area contributed by atoms with Crippen LogP contribution in [0, 0.1) is 5.82 Å². The summed E-state index contributed by atoms with van der Waals surface area (Å²) in [5.74, 6) is -0.590. The minimum atomic E-state index is -4.56. The molecule has 0 bridgehead atoms. The van der Waals surface area contributed by atoms with Crippen molar-refractivity contribution in [3.05, 3.63) is 71.5 Å². The molecule has 0 fully saturated rings. The van der Waals surface area contributed by atoms with Crippen LogP contribution in [0.25, 0.3) is 0 Å².